The first kappa shape index (κ1) is 35.6. The fraction of sp³-hybridized carbons (Fsp3) is 0. The summed E-state index contributed by atoms with van der Waals surface area (Å²) in [4.78, 5) is 15.3. The molecule has 5 nitrogen and oxygen atoms in total. The Bertz CT molecular complexity index is 3910. The second-order valence-corrected chi connectivity index (χ2v) is 17.1. The van der Waals surface area contributed by atoms with E-state index in [4.69, 9.17) is 19.4 Å². The van der Waals surface area contributed by atoms with Crippen molar-refractivity contribution in [3.8, 4) is 62.1 Å². The predicted octanol–water partition coefficient (Wildman–Crippen LogP) is 15.6. The van der Waals surface area contributed by atoms with E-state index in [1.165, 1.54) is 53.2 Å². The van der Waals surface area contributed by atoms with E-state index in [0.29, 0.717) is 17.5 Å². The number of aromatic nitrogens is 4. The van der Waals surface area contributed by atoms with Gasteiger partial charge in [-0.1, -0.05) is 146 Å². The first-order chi connectivity index (χ1) is 31.2. The molecule has 294 valence electrons. The van der Waals surface area contributed by atoms with Crippen LogP contribution in [0, 0.1) is 0 Å². The Morgan fingerprint density at radius 1 is 0.349 bits per heavy atom. The van der Waals surface area contributed by atoms with Gasteiger partial charge in [0, 0.05) is 70.2 Å². The summed E-state index contributed by atoms with van der Waals surface area (Å²) in [5, 5.41) is 7.03. The molecule has 0 fully saturated rings. The number of fused-ring (bicyclic) bond motifs is 9. The largest absolute Gasteiger partial charge is 0.456 e. The van der Waals surface area contributed by atoms with Gasteiger partial charge in [-0.2, -0.15) is 0 Å². The third-order valence-electron chi connectivity index (χ3n) is 12.3. The van der Waals surface area contributed by atoms with Crippen LogP contribution < -0.4 is 0 Å². The molecule has 0 saturated carbocycles. The molecule has 0 radical (unpaired) electrons. The van der Waals surface area contributed by atoms with Gasteiger partial charge < -0.3 is 8.98 Å². The molecule has 0 aliphatic heterocycles. The van der Waals surface area contributed by atoms with Crippen LogP contribution in [0.5, 0.6) is 0 Å². The number of rotatable bonds is 6. The molecular weight excluding hydrogens is 789 g/mol. The van der Waals surface area contributed by atoms with Crippen LogP contribution in [0.1, 0.15) is 0 Å². The average molecular weight is 823 g/mol. The van der Waals surface area contributed by atoms with Crippen molar-refractivity contribution in [3.05, 3.63) is 206 Å². The summed E-state index contributed by atoms with van der Waals surface area (Å²) >= 11 is 1.80. The van der Waals surface area contributed by atoms with Crippen LogP contribution in [0.3, 0.4) is 0 Å². The molecule has 0 aliphatic rings. The molecule has 4 aromatic heterocycles. The maximum absolute atomic E-state index is 6.72. The highest BCUT2D eigenvalue weighted by Crippen LogP contribution is 2.42. The van der Waals surface area contributed by atoms with Gasteiger partial charge >= 0.3 is 0 Å². The van der Waals surface area contributed by atoms with Gasteiger partial charge in [-0.25, -0.2) is 15.0 Å². The molecule has 0 N–H and O–H groups in total. The first-order valence-corrected chi connectivity index (χ1v) is 21.9. The summed E-state index contributed by atoms with van der Waals surface area (Å²) in [5.41, 5.74) is 12.5. The lowest BCUT2D eigenvalue weighted by molar-refractivity contribution is 0.668. The van der Waals surface area contributed by atoms with Gasteiger partial charge in [0.05, 0.1) is 11.0 Å². The average Bonchev–Trinajstić information content (AvgIpc) is 4.03. The van der Waals surface area contributed by atoms with Gasteiger partial charge in [-0.05, 0) is 76.9 Å². The zero-order valence-electron chi connectivity index (χ0n) is 33.7. The van der Waals surface area contributed by atoms with Crippen molar-refractivity contribution in [1.29, 1.82) is 0 Å². The molecule has 0 unspecified atom stereocenters. The van der Waals surface area contributed by atoms with E-state index in [1.807, 2.05) is 30.3 Å². The lowest BCUT2D eigenvalue weighted by Crippen LogP contribution is -2.00. The minimum atomic E-state index is 0.588. The molecule has 0 aliphatic carbocycles. The third kappa shape index (κ3) is 5.87. The van der Waals surface area contributed by atoms with Crippen molar-refractivity contribution in [3.63, 3.8) is 0 Å². The number of nitrogens with zero attached hydrogens (tertiary/aromatic N) is 4. The van der Waals surface area contributed by atoms with E-state index in [9.17, 15) is 0 Å². The molecule has 0 atom stereocenters. The third-order valence-corrected chi connectivity index (χ3v) is 13.4. The Balaban J connectivity index is 0.918. The molecule has 0 bridgehead atoms. The Kier molecular flexibility index (Phi) is 8.01. The van der Waals surface area contributed by atoms with E-state index < -0.39 is 0 Å². The van der Waals surface area contributed by atoms with Crippen molar-refractivity contribution < 1.29 is 4.42 Å². The Labute approximate surface area is 365 Å². The van der Waals surface area contributed by atoms with Crippen LogP contribution >= 0.6 is 11.3 Å². The van der Waals surface area contributed by atoms with Crippen molar-refractivity contribution in [1.82, 2.24) is 19.5 Å². The highest BCUT2D eigenvalue weighted by molar-refractivity contribution is 7.26. The van der Waals surface area contributed by atoms with Crippen LogP contribution in [0.25, 0.3) is 126 Å². The van der Waals surface area contributed by atoms with Crippen LogP contribution in [0.2, 0.25) is 0 Å². The zero-order valence-corrected chi connectivity index (χ0v) is 34.6. The maximum Gasteiger partial charge on any atom is 0.164 e. The molecule has 4 heterocycles. The lowest BCUT2D eigenvalue weighted by atomic mass is 9.99. The number of para-hydroxylation sites is 1. The molecule has 6 heteroatoms. The molecule has 9 aromatic carbocycles. The molecule has 13 rings (SSSR count). The molecular formula is C57H34N4OS. The quantitative estimate of drug-likeness (QED) is 0.168. The Morgan fingerprint density at radius 3 is 1.70 bits per heavy atom. The molecule has 0 amide bonds. The summed E-state index contributed by atoms with van der Waals surface area (Å²) in [6, 6.07) is 72.7. The van der Waals surface area contributed by atoms with Crippen LogP contribution in [0.15, 0.2) is 211 Å². The normalized spacial score (nSPS) is 11.8. The van der Waals surface area contributed by atoms with E-state index in [1.54, 1.807) is 11.3 Å². The van der Waals surface area contributed by atoms with Crippen molar-refractivity contribution >= 4 is 75.3 Å². The van der Waals surface area contributed by atoms with Gasteiger partial charge in [0.15, 0.2) is 17.5 Å². The smallest absolute Gasteiger partial charge is 0.164 e. The van der Waals surface area contributed by atoms with Crippen LogP contribution in [-0.2, 0) is 0 Å². The summed E-state index contributed by atoms with van der Waals surface area (Å²) < 4.78 is 11.5. The number of furan rings is 1. The summed E-state index contributed by atoms with van der Waals surface area (Å²) in [7, 11) is 0. The van der Waals surface area contributed by atoms with Crippen molar-refractivity contribution in [2.24, 2.45) is 0 Å². The zero-order chi connectivity index (χ0) is 41.4. The minimum Gasteiger partial charge on any atom is -0.456 e. The SMILES string of the molecule is c1ccc(-c2ccc3c(c2)c2ccccc2n3-c2ccc3c(c2)oc2cc(-c4nc(-c5ccccc5)nc(-c5ccc6c(c5)sc5cccc(-c7ccccc7)c56)n4)ccc23)cc1. The van der Waals surface area contributed by atoms with Gasteiger partial charge in [-0.3, -0.25) is 0 Å². The predicted molar refractivity (Wildman–Crippen MR) is 262 cm³/mol. The van der Waals surface area contributed by atoms with Crippen LogP contribution in [0.4, 0.5) is 0 Å². The molecule has 63 heavy (non-hydrogen) atoms. The summed E-state index contributed by atoms with van der Waals surface area (Å²) in [6.07, 6.45) is 0. The number of hydrogen-bond acceptors (Lipinski definition) is 5. The monoisotopic (exact) mass is 822 g/mol. The maximum atomic E-state index is 6.72. The molecule has 0 spiro atoms. The van der Waals surface area contributed by atoms with Crippen molar-refractivity contribution in [2.45, 2.75) is 0 Å². The fourth-order valence-electron chi connectivity index (χ4n) is 9.28. The van der Waals surface area contributed by atoms with Crippen LogP contribution in [-0.4, -0.2) is 19.5 Å². The second-order valence-electron chi connectivity index (χ2n) is 16.0. The number of hydrogen-bond donors (Lipinski definition) is 0. The van der Waals surface area contributed by atoms with Gasteiger partial charge in [0.25, 0.3) is 0 Å². The highest BCUT2D eigenvalue weighted by Gasteiger charge is 2.19. The van der Waals surface area contributed by atoms with E-state index in [2.05, 4.69) is 180 Å². The minimum absolute atomic E-state index is 0.588. The molecule has 13 aromatic rings. The lowest BCUT2D eigenvalue weighted by Gasteiger charge is -2.09. The topological polar surface area (TPSA) is 56.7 Å². The van der Waals surface area contributed by atoms with E-state index in [-0.39, 0.29) is 0 Å². The van der Waals surface area contributed by atoms with Crippen molar-refractivity contribution in [2.75, 3.05) is 0 Å². The number of benzene rings is 9. The van der Waals surface area contributed by atoms with Gasteiger partial charge in [0.2, 0.25) is 0 Å². The van der Waals surface area contributed by atoms with E-state index >= 15 is 0 Å². The Hall–Kier alpha value is -8.19. The number of thiophene rings is 1. The van der Waals surface area contributed by atoms with E-state index in [0.717, 1.165) is 55.3 Å². The summed E-state index contributed by atoms with van der Waals surface area (Å²) in [5.74, 6) is 1.83. The van der Waals surface area contributed by atoms with Gasteiger partial charge in [0.1, 0.15) is 11.2 Å². The van der Waals surface area contributed by atoms with Gasteiger partial charge in [-0.15, -0.1) is 11.3 Å². The Morgan fingerprint density at radius 2 is 0.937 bits per heavy atom. The standard InChI is InChI=1S/C57H34N4OS/c1-4-13-35(14-5-1)38-25-30-49-47(31-38)43-19-10-11-21-48(43)61(49)41-26-29-45-44-27-23-39(32-50(44)62-51(45)34-41)56-58-55(37-17-8-3-9-18-37)59-57(60-56)40-24-28-46-53(33-40)63-52-22-12-20-42(54(46)52)36-15-6-2-7-16-36/h1-34H. The summed E-state index contributed by atoms with van der Waals surface area (Å²) in [6.45, 7) is 0. The fourth-order valence-corrected chi connectivity index (χ4v) is 10.5. The molecule has 0 saturated heterocycles. The second kappa shape index (κ2) is 14.2. The highest BCUT2D eigenvalue weighted by atomic mass is 32.1. The first-order valence-electron chi connectivity index (χ1n) is 21.1.